The molecule has 0 amide bonds. The molecule has 1 rings (SSSR count). The predicted octanol–water partition coefficient (Wildman–Crippen LogP) is 7.83. The van der Waals surface area contributed by atoms with Crippen LogP contribution in [0, 0.1) is 0 Å². The van der Waals surface area contributed by atoms with E-state index in [0.29, 0.717) is 12.6 Å². The van der Waals surface area contributed by atoms with Crippen LogP contribution in [0.15, 0.2) is 28.7 Å². The monoisotopic (exact) mass is 448 g/mol. The molecule has 0 saturated heterocycles. The molecule has 0 radical (unpaired) electrons. The van der Waals surface area contributed by atoms with Crippen LogP contribution < -0.4 is 4.74 Å². The van der Waals surface area contributed by atoms with Crippen molar-refractivity contribution in [3.8, 4) is 5.95 Å². The average Bonchev–Trinajstić information content (AvgIpc) is 3.25. The molecule has 0 spiro atoms. The summed E-state index contributed by atoms with van der Waals surface area (Å²) < 4.78 is 15.7. The van der Waals surface area contributed by atoms with Gasteiger partial charge in [0.15, 0.2) is 5.76 Å². The number of carbonyl (C=O) groups excluding carboxylic acids is 2. The molecule has 5 nitrogen and oxygen atoms in total. The van der Waals surface area contributed by atoms with Crippen molar-refractivity contribution >= 4 is 11.8 Å². The molecule has 0 saturated carbocycles. The third-order valence-electron chi connectivity index (χ3n) is 5.37. The van der Waals surface area contributed by atoms with Crippen LogP contribution in [0.5, 0.6) is 5.95 Å². The van der Waals surface area contributed by atoms with Crippen molar-refractivity contribution in [3.05, 3.63) is 30.0 Å². The fourth-order valence-corrected chi connectivity index (χ4v) is 3.50. The molecule has 0 atom stereocenters. The first-order valence-electron chi connectivity index (χ1n) is 12.7. The van der Waals surface area contributed by atoms with Gasteiger partial charge in [0.05, 0.1) is 13.2 Å². The van der Waals surface area contributed by atoms with E-state index in [2.05, 4.69) is 19.1 Å². The van der Waals surface area contributed by atoms with Crippen LogP contribution in [-0.4, -0.2) is 25.0 Å². The number of ketones is 1. The van der Waals surface area contributed by atoms with Crippen molar-refractivity contribution in [1.29, 1.82) is 0 Å². The molecule has 1 aromatic heterocycles. The Labute approximate surface area is 194 Å². The van der Waals surface area contributed by atoms with E-state index in [-0.39, 0.29) is 18.8 Å². The first-order valence-corrected chi connectivity index (χ1v) is 12.7. The number of hydrogen-bond donors (Lipinski definition) is 0. The molecule has 32 heavy (non-hydrogen) atoms. The SMILES string of the molecule is CCCCCCCC/C=C/CCCCCCCCOc1ccc(C(=O)CC(=O)OCC)o1. The Hall–Kier alpha value is -2.04. The highest BCUT2D eigenvalue weighted by Gasteiger charge is 2.16. The van der Waals surface area contributed by atoms with E-state index >= 15 is 0 Å². The molecular formula is C27H44O5. The van der Waals surface area contributed by atoms with Gasteiger partial charge in [0.25, 0.3) is 5.95 Å². The Morgan fingerprint density at radius 2 is 1.41 bits per heavy atom. The number of unbranched alkanes of at least 4 members (excludes halogenated alkanes) is 12. The van der Waals surface area contributed by atoms with Crippen LogP contribution in [-0.2, 0) is 9.53 Å². The summed E-state index contributed by atoms with van der Waals surface area (Å²) in [7, 11) is 0. The molecule has 182 valence electrons. The van der Waals surface area contributed by atoms with Crippen molar-refractivity contribution in [1.82, 2.24) is 0 Å². The summed E-state index contributed by atoms with van der Waals surface area (Å²) in [6.45, 7) is 4.80. The second-order valence-corrected chi connectivity index (χ2v) is 8.31. The van der Waals surface area contributed by atoms with Crippen LogP contribution in [0.4, 0.5) is 0 Å². The highest BCUT2D eigenvalue weighted by atomic mass is 16.6. The van der Waals surface area contributed by atoms with Gasteiger partial charge in [-0.25, -0.2) is 0 Å². The zero-order chi connectivity index (χ0) is 23.3. The molecule has 0 aliphatic carbocycles. The van der Waals surface area contributed by atoms with E-state index in [0.717, 1.165) is 12.8 Å². The average molecular weight is 449 g/mol. The number of furan rings is 1. The third kappa shape index (κ3) is 14.9. The van der Waals surface area contributed by atoms with E-state index in [1.807, 2.05) is 0 Å². The van der Waals surface area contributed by atoms with Crippen molar-refractivity contribution in [2.75, 3.05) is 13.2 Å². The summed E-state index contributed by atoms with van der Waals surface area (Å²) in [5.41, 5.74) is 0. The number of esters is 1. The Morgan fingerprint density at radius 1 is 0.812 bits per heavy atom. The van der Waals surface area contributed by atoms with Crippen molar-refractivity contribution in [2.24, 2.45) is 0 Å². The molecule has 1 heterocycles. The minimum atomic E-state index is -0.541. The third-order valence-corrected chi connectivity index (χ3v) is 5.37. The second kappa shape index (κ2) is 19.6. The van der Waals surface area contributed by atoms with Crippen molar-refractivity contribution in [2.45, 2.75) is 110 Å². The number of carbonyl (C=O) groups is 2. The molecule has 1 aromatic rings. The minimum Gasteiger partial charge on any atom is -0.466 e. The van der Waals surface area contributed by atoms with Crippen LogP contribution in [0.1, 0.15) is 121 Å². The van der Waals surface area contributed by atoms with Crippen LogP contribution in [0.25, 0.3) is 0 Å². The molecule has 0 aliphatic rings. The molecule has 0 bridgehead atoms. The summed E-state index contributed by atoms with van der Waals surface area (Å²) in [5.74, 6) is -0.477. The van der Waals surface area contributed by atoms with Gasteiger partial charge in [0.2, 0.25) is 5.78 Å². The molecule has 0 aliphatic heterocycles. The first kappa shape index (κ1) is 28.0. The molecule has 5 heteroatoms. The van der Waals surface area contributed by atoms with Gasteiger partial charge in [-0.3, -0.25) is 9.59 Å². The minimum absolute atomic E-state index is 0.133. The summed E-state index contributed by atoms with van der Waals surface area (Å²) in [4.78, 5) is 23.3. The Morgan fingerprint density at radius 3 is 2.03 bits per heavy atom. The topological polar surface area (TPSA) is 65.7 Å². The standard InChI is InChI=1S/C27H44O5/c1-3-5-6-7-8-9-10-11-12-13-14-15-16-17-18-19-22-31-27-21-20-25(32-27)24(28)23-26(29)30-4-2/h11-12,20-21H,3-10,13-19,22-23H2,1-2H3/b12-11+. The van der Waals surface area contributed by atoms with Crippen LogP contribution in [0.2, 0.25) is 0 Å². The zero-order valence-corrected chi connectivity index (χ0v) is 20.4. The van der Waals surface area contributed by atoms with Crippen LogP contribution >= 0.6 is 0 Å². The maximum Gasteiger partial charge on any atom is 0.313 e. The lowest BCUT2D eigenvalue weighted by Gasteiger charge is -2.03. The van der Waals surface area contributed by atoms with Gasteiger partial charge in [-0.05, 0) is 45.1 Å². The molecule has 0 unspecified atom stereocenters. The van der Waals surface area contributed by atoms with Gasteiger partial charge >= 0.3 is 5.97 Å². The van der Waals surface area contributed by atoms with Gasteiger partial charge in [-0.15, -0.1) is 0 Å². The normalized spacial score (nSPS) is 11.2. The summed E-state index contributed by atoms with van der Waals surface area (Å²) in [6, 6.07) is 3.16. The summed E-state index contributed by atoms with van der Waals surface area (Å²) in [5, 5.41) is 0. The molecule has 0 fully saturated rings. The van der Waals surface area contributed by atoms with E-state index in [1.165, 1.54) is 77.0 Å². The van der Waals surface area contributed by atoms with Crippen molar-refractivity contribution < 1.29 is 23.5 Å². The fourth-order valence-electron chi connectivity index (χ4n) is 3.50. The van der Waals surface area contributed by atoms with Crippen LogP contribution in [0.3, 0.4) is 0 Å². The quantitative estimate of drug-likeness (QED) is 0.0630. The van der Waals surface area contributed by atoms with Gasteiger partial charge in [-0.2, -0.15) is 0 Å². The molecule has 0 N–H and O–H groups in total. The summed E-state index contributed by atoms with van der Waals surface area (Å²) in [6.07, 6.45) is 22.2. The van der Waals surface area contributed by atoms with Gasteiger partial charge in [0, 0.05) is 6.07 Å². The molecular weight excluding hydrogens is 404 g/mol. The first-order chi connectivity index (χ1) is 15.7. The maximum absolute atomic E-state index is 11.9. The van der Waals surface area contributed by atoms with E-state index in [4.69, 9.17) is 13.9 Å². The van der Waals surface area contributed by atoms with Gasteiger partial charge < -0.3 is 13.9 Å². The summed E-state index contributed by atoms with van der Waals surface area (Å²) >= 11 is 0. The number of rotatable bonds is 21. The largest absolute Gasteiger partial charge is 0.466 e. The highest BCUT2D eigenvalue weighted by molar-refractivity contribution is 6.04. The fraction of sp³-hybridized carbons (Fsp3) is 0.704. The number of allylic oxidation sites excluding steroid dienone is 2. The number of Topliss-reactive ketones (excluding diaryl/α,β-unsaturated/α-hetero) is 1. The Kier molecular flexibility index (Phi) is 17.2. The highest BCUT2D eigenvalue weighted by Crippen LogP contribution is 2.18. The zero-order valence-electron chi connectivity index (χ0n) is 20.4. The Bertz CT molecular complexity index is 632. The lowest BCUT2D eigenvalue weighted by atomic mass is 10.1. The van der Waals surface area contributed by atoms with E-state index in [1.54, 1.807) is 19.1 Å². The maximum atomic E-state index is 11.9. The molecule has 0 aromatic carbocycles. The predicted molar refractivity (Wildman–Crippen MR) is 129 cm³/mol. The van der Waals surface area contributed by atoms with Gasteiger partial charge in [0.1, 0.15) is 6.42 Å². The van der Waals surface area contributed by atoms with Gasteiger partial charge in [-0.1, -0.05) is 76.9 Å². The number of ether oxygens (including phenoxy) is 2. The second-order valence-electron chi connectivity index (χ2n) is 8.31. The van der Waals surface area contributed by atoms with Crippen molar-refractivity contribution in [3.63, 3.8) is 0 Å². The van der Waals surface area contributed by atoms with E-state index < -0.39 is 11.8 Å². The lowest BCUT2D eigenvalue weighted by molar-refractivity contribution is -0.142. The lowest BCUT2D eigenvalue weighted by Crippen LogP contribution is -2.10. The number of hydrogen-bond acceptors (Lipinski definition) is 5. The smallest absolute Gasteiger partial charge is 0.313 e. The Balaban J connectivity index is 1.93. The van der Waals surface area contributed by atoms with E-state index in [9.17, 15) is 9.59 Å².